The fourth-order valence-electron chi connectivity index (χ4n) is 3.08. The van der Waals surface area contributed by atoms with E-state index < -0.39 is 10.0 Å². The average Bonchev–Trinajstić information content (AvgIpc) is 2.99. The number of hydrogen-bond acceptors (Lipinski definition) is 5. The average molecular weight is 484 g/mol. The summed E-state index contributed by atoms with van der Waals surface area (Å²) in [5, 5.41) is 0.412. The van der Waals surface area contributed by atoms with Crippen LogP contribution in [0, 0.1) is 5.82 Å². The van der Waals surface area contributed by atoms with Gasteiger partial charge >= 0.3 is 0 Å². The van der Waals surface area contributed by atoms with Gasteiger partial charge in [0.25, 0.3) is 15.9 Å². The molecule has 0 bridgehead atoms. The molecule has 28 heavy (non-hydrogen) atoms. The highest BCUT2D eigenvalue weighted by Gasteiger charge is 2.33. The van der Waals surface area contributed by atoms with Crippen LogP contribution in [0.2, 0.25) is 0 Å². The molecule has 0 spiro atoms. The third-order valence-electron chi connectivity index (χ3n) is 4.48. The van der Waals surface area contributed by atoms with Gasteiger partial charge in [-0.1, -0.05) is 15.9 Å². The van der Waals surface area contributed by atoms with Gasteiger partial charge in [-0.25, -0.2) is 12.8 Å². The molecule has 2 aromatic carbocycles. The van der Waals surface area contributed by atoms with E-state index in [0.29, 0.717) is 22.8 Å². The van der Waals surface area contributed by atoms with E-state index in [2.05, 4.69) is 20.3 Å². The van der Waals surface area contributed by atoms with Crippen LogP contribution in [0.25, 0.3) is 0 Å². The number of halogens is 2. The van der Waals surface area contributed by atoms with E-state index in [9.17, 15) is 17.6 Å². The summed E-state index contributed by atoms with van der Waals surface area (Å²) in [7, 11) is -1.81. The van der Waals surface area contributed by atoms with Crippen LogP contribution in [0.4, 0.5) is 10.1 Å². The number of amides is 1. The van der Waals surface area contributed by atoms with Crippen molar-refractivity contribution in [2.24, 2.45) is 4.40 Å². The van der Waals surface area contributed by atoms with Gasteiger partial charge in [-0.05, 0) is 48.2 Å². The van der Waals surface area contributed by atoms with E-state index in [0.717, 1.165) is 15.1 Å². The van der Waals surface area contributed by atoms with Crippen molar-refractivity contribution in [3.63, 3.8) is 0 Å². The Balaban J connectivity index is 1.57. The van der Waals surface area contributed by atoms with Gasteiger partial charge in [0.15, 0.2) is 5.17 Å². The van der Waals surface area contributed by atoms with Crippen molar-refractivity contribution in [2.75, 3.05) is 24.2 Å². The van der Waals surface area contributed by atoms with Crippen molar-refractivity contribution < 1.29 is 17.6 Å². The molecule has 2 aliphatic rings. The molecule has 0 fully saturated rings. The predicted octanol–water partition coefficient (Wildman–Crippen LogP) is 3.47. The van der Waals surface area contributed by atoms with Gasteiger partial charge in [-0.15, -0.1) is 4.40 Å². The molecule has 0 aromatic heterocycles. The minimum Gasteiger partial charge on any atom is -0.337 e. The molecule has 2 heterocycles. The molecule has 0 saturated carbocycles. The van der Waals surface area contributed by atoms with Crippen LogP contribution >= 0.6 is 27.7 Å². The van der Waals surface area contributed by atoms with Crippen molar-refractivity contribution in [2.45, 2.75) is 11.4 Å². The lowest BCUT2D eigenvalue weighted by atomic mass is 10.1. The van der Waals surface area contributed by atoms with Gasteiger partial charge in [-0.3, -0.25) is 4.79 Å². The fraction of sp³-hybridized carbons (Fsp3) is 0.222. The second kappa shape index (κ2) is 7.16. The van der Waals surface area contributed by atoms with Gasteiger partial charge in [0.1, 0.15) is 5.82 Å². The Kier molecular flexibility index (Phi) is 4.96. The smallest absolute Gasteiger partial charge is 0.257 e. The zero-order valence-electron chi connectivity index (χ0n) is 14.7. The fourth-order valence-corrected chi connectivity index (χ4v) is 5.78. The Morgan fingerprint density at radius 2 is 2.11 bits per heavy atom. The van der Waals surface area contributed by atoms with Gasteiger partial charge < -0.3 is 9.80 Å². The summed E-state index contributed by atoms with van der Waals surface area (Å²) in [5.41, 5.74) is 1.71. The van der Waals surface area contributed by atoms with Gasteiger partial charge in [-0.2, -0.15) is 0 Å². The summed E-state index contributed by atoms with van der Waals surface area (Å²) in [5.74, 6) is -0.649. The van der Waals surface area contributed by atoms with Crippen molar-refractivity contribution in [1.82, 2.24) is 4.90 Å². The molecule has 0 unspecified atom stereocenters. The first-order valence-corrected chi connectivity index (χ1v) is 11.6. The van der Waals surface area contributed by atoms with Crippen LogP contribution in [0.15, 0.2) is 50.2 Å². The largest absolute Gasteiger partial charge is 0.337 e. The highest BCUT2D eigenvalue weighted by Crippen LogP contribution is 2.42. The maximum absolute atomic E-state index is 14.0. The molecule has 2 aromatic rings. The first kappa shape index (κ1) is 19.4. The maximum Gasteiger partial charge on any atom is 0.257 e. The Morgan fingerprint density at radius 1 is 1.32 bits per heavy atom. The minimum absolute atomic E-state index is 0.0296. The lowest BCUT2D eigenvalue weighted by Gasteiger charge is -2.22. The molecular weight excluding hydrogens is 469 g/mol. The van der Waals surface area contributed by atoms with E-state index >= 15 is 0 Å². The Bertz CT molecular complexity index is 1120. The molecule has 0 N–H and O–H groups in total. The molecule has 2 aliphatic heterocycles. The van der Waals surface area contributed by atoms with Crippen LogP contribution < -0.4 is 4.90 Å². The van der Waals surface area contributed by atoms with Crippen LogP contribution in [-0.4, -0.2) is 43.7 Å². The SMILES string of the molecule is CN(Cc1cc(Br)ccc1F)C(=O)c1ccc2c(c1)SC1=NS(=O)(=O)CCN12. The molecule has 6 nitrogen and oxygen atoms in total. The van der Waals surface area contributed by atoms with E-state index in [1.165, 1.54) is 22.7 Å². The number of anilines is 1. The third-order valence-corrected chi connectivity index (χ3v) is 7.28. The van der Waals surface area contributed by atoms with E-state index in [1.54, 1.807) is 37.4 Å². The second-order valence-electron chi connectivity index (χ2n) is 6.49. The van der Waals surface area contributed by atoms with Crippen molar-refractivity contribution in [3.05, 3.63) is 57.8 Å². The standard InChI is InChI=1S/C18H15BrFN3O3S2/c1-22(10-12-8-13(19)3-4-14(12)20)17(24)11-2-5-15-16(9-11)27-18-21-28(25,26)7-6-23(15)18/h2-5,8-9H,6-7,10H2,1H3. The number of thioether (sulfide) groups is 1. The number of rotatable bonds is 3. The minimum atomic E-state index is -3.43. The summed E-state index contributed by atoms with van der Waals surface area (Å²) in [4.78, 5) is 16.9. The zero-order chi connectivity index (χ0) is 20.1. The van der Waals surface area contributed by atoms with E-state index in [1.807, 2.05) is 4.90 Å². The molecule has 0 atom stereocenters. The summed E-state index contributed by atoms with van der Waals surface area (Å²) in [6.07, 6.45) is 0. The van der Waals surface area contributed by atoms with Gasteiger partial charge in [0.05, 0.1) is 11.4 Å². The summed E-state index contributed by atoms with van der Waals surface area (Å²) < 4.78 is 42.0. The topological polar surface area (TPSA) is 70.0 Å². The zero-order valence-corrected chi connectivity index (χ0v) is 17.9. The number of nitrogens with zero attached hydrogens (tertiary/aromatic N) is 3. The number of sulfonamides is 1. The lowest BCUT2D eigenvalue weighted by molar-refractivity contribution is 0.0783. The number of fused-ring (bicyclic) bond motifs is 3. The normalized spacial score (nSPS) is 17.0. The predicted molar refractivity (Wildman–Crippen MR) is 111 cm³/mol. The van der Waals surface area contributed by atoms with Crippen LogP contribution in [0.5, 0.6) is 0 Å². The van der Waals surface area contributed by atoms with Crippen LogP contribution in [-0.2, 0) is 16.6 Å². The molecule has 10 heteroatoms. The summed E-state index contributed by atoms with van der Waals surface area (Å²) >= 11 is 4.54. The molecule has 0 saturated heterocycles. The molecular formula is C18H15BrFN3O3S2. The van der Waals surface area contributed by atoms with Crippen molar-refractivity contribution >= 4 is 54.5 Å². The van der Waals surface area contributed by atoms with E-state index in [4.69, 9.17) is 0 Å². The molecule has 1 amide bonds. The van der Waals surface area contributed by atoms with Gasteiger partial charge in [0, 0.05) is 40.6 Å². The summed E-state index contributed by atoms with van der Waals surface area (Å²) in [6, 6.07) is 9.83. The molecule has 0 aliphatic carbocycles. The summed E-state index contributed by atoms with van der Waals surface area (Å²) in [6.45, 7) is 0.474. The van der Waals surface area contributed by atoms with E-state index in [-0.39, 0.29) is 24.0 Å². The number of carbonyl (C=O) groups excluding carboxylic acids is 1. The Morgan fingerprint density at radius 3 is 2.89 bits per heavy atom. The van der Waals surface area contributed by atoms with Crippen molar-refractivity contribution in [1.29, 1.82) is 0 Å². The highest BCUT2D eigenvalue weighted by atomic mass is 79.9. The number of amidine groups is 1. The first-order chi connectivity index (χ1) is 13.2. The highest BCUT2D eigenvalue weighted by molar-refractivity contribution is 9.10. The number of hydrogen-bond donors (Lipinski definition) is 0. The number of benzene rings is 2. The maximum atomic E-state index is 14.0. The quantitative estimate of drug-likeness (QED) is 0.668. The second-order valence-corrected chi connectivity index (χ2v) is 10.2. The Labute approximate surface area is 174 Å². The number of carbonyl (C=O) groups is 1. The van der Waals surface area contributed by atoms with Crippen LogP contribution in [0.3, 0.4) is 0 Å². The van der Waals surface area contributed by atoms with Crippen LogP contribution in [0.1, 0.15) is 15.9 Å². The molecule has 0 radical (unpaired) electrons. The monoisotopic (exact) mass is 483 g/mol. The Hall–Kier alpha value is -1.91. The van der Waals surface area contributed by atoms with Gasteiger partial charge in [0.2, 0.25) is 0 Å². The third kappa shape index (κ3) is 3.68. The first-order valence-electron chi connectivity index (χ1n) is 8.35. The molecule has 4 rings (SSSR count). The van der Waals surface area contributed by atoms with Crippen molar-refractivity contribution in [3.8, 4) is 0 Å². The lowest BCUT2D eigenvalue weighted by Crippen LogP contribution is -2.35. The molecule has 146 valence electrons.